The van der Waals surface area contributed by atoms with Crippen molar-refractivity contribution in [1.82, 2.24) is 30.9 Å². The van der Waals surface area contributed by atoms with E-state index in [9.17, 15) is 24.3 Å². The maximum Gasteiger partial charge on any atom is 0.305 e. The molecule has 0 fully saturated rings. The molecule has 1 aliphatic rings. The number of hydrogen-bond donors (Lipinski definition) is 4. The van der Waals surface area contributed by atoms with E-state index in [1.54, 1.807) is 19.2 Å². The number of carboxylic acid groups (broad SMARTS) is 1. The predicted molar refractivity (Wildman–Crippen MR) is 133 cm³/mol. The zero-order valence-corrected chi connectivity index (χ0v) is 22.2. The van der Waals surface area contributed by atoms with Crippen LogP contribution in [0.5, 0.6) is 0 Å². The minimum Gasteiger partial charge on any atom is -0.481 e. The SMILES string of the molecule is CCC(C)C1NC(=O)c2nc(oc2C)C(C)NC(=O)c2csc(n2)C(CC(=O)O)NC(=O)c2csc1n2. The van der Waals surface area contributed by atoms with Crippen LogP contribution >= 0.6 is 22.7 Å². The molecule has 0 aromatic carbocycles. The summed E-state index contributed by atoms with van der Waals surface area (Å²) in [6.07, 6.45) is 0.295. The second kappa shape index (κ2) is 10.8. The molecule has 0 saturated carbocycles. The Balaban J connectivity index is 1.78. The number of carboxylic acids is 1. The van der Waals surface area contributed by atoms with Crippen LogP contribution in [0.15, 0.2) is 15.2 Å². The Morgan fingerprint density at radius 1 is 1.03 bits per heavy atom. The second-order valence-corrected chi connectivity index (χ2v) is 10.5. The average molecular weight is 547 g/mol. The maximum absolute atomic E-state index is 13.2. The number of thiazole rings is 2. The monoisotopic (exact) mass is 546 g/mol. The first-order valence-corrected chi connectivity index (χ1v) is 13.4. The van der Waals surface area contributed by atoms with Crippen LogP contribution in [-0.2, 0) is 4.79 Å². The number of nitrogens with zero attached hydrogens (tertiary/aromatic N) is 3. The molecule has 196 valence electrons. The van der Waals surface area contributed by atoms with Gasteiger partial charge < -0.3 is 25.5 Å². The number of nitrogens with one attached hydrogen (secondary N) is 3. The lowest BCUT2D eigenvalue weighted by molar-refractivity contribution is -0.137. The van der Waals surface area contributed by atoms with E-state index in [2.05, 4.69) is 30.9 Å². The number of rotatable bonds is 4. The highest BCUT2D eigenvalue weighted by Crippen LogP contribution is 2.29. The molecule has 4 heterocycles. The summed E-state index contributed by atoms with van der Waals surface area (Å²) in [4.78, 5) is 63.5. The van der Waals surface area contributed by atoms with Gasteiger partial charge in [-0.25, -0.2) is 15.0 Å². The molecule has 3 aromatic rings. The zero-order valence-electron chi connectivity index (χ0n) is 20.5. The summed E-state index contributed by atoms with van der Waals surface area (Å²) < 4.78 is 5.69. The summed E-state index contributed by atoms with van der Waals surface area (Å²) in [6.45, 7) is 7.21. The van der Waals surface area contributed by atoms with Gasteiger partial charge in [0.2, 0.25) is 5.89 Å². The van der Waals surface area contributed by atoms with E-state index in [0.29, 0.717) is 10.8 Å². The molecule has 0 saturated heterocycles. The van der Waals surface area contributed by atoms with Crippen LogP contribution in [0.3, 0.4) is 0 Å². The van der Waals surface area contributed by atoms with Crippen LogP contribution in [-0.4, -0.2) is 43.7 Å². The van der Waals surface area contributed by atoms with Gasteiger partial charge in [-0.3, -0.25) is 19.2 Å². The van der Waals surface area contributed by atoms with Crippen LogP contribution in [0.2, 0.25) is 0 Å². The highest BCUT2D eigenvalue weighted by molar-refractivity contribution is 7.10. The summed E-state index contributed by atoms with van der Waals surface area (Å²) in [5.74, 6) is -2.31. The first kappa shape index (κ1) is 26.4. The van der Waals surface area contributed by atoms with Gasteiger partial charge in [-0.15, -0.1) is 22.7 Å². The highest BCUT2D eigenvalue weighted by atomic mass is 32.1. The summed E-state index contributed by atoms with van der Waals surface area (Å²) in [7, 11) is 0. The molecule has 6 bridgehead atoms. The number of fused-ring (bicyclic) bond motifs is 6. The van der Waals surface area contributed by atoms with Crippen LogP contribution < -0.4 is 16.0 Å². The van der Waals surface area contributed by atoms with Gasteiger partial charge in [0.05, 0.1) is 18.5 Å². The van der Waals surface area contributed by atoms with Gasteiger partial charge >= 0.3 is 5.97 Å². The molecule has 0 aliphatic carbocycles. The van der Waals surface area contributed by atoms with Crippen molar-refractivity contribution in [2.24, 2.45) is 5.92 Å². The van der Waals surface area contributed by atoms with E-state index in [0.717, 1.165) is 17.8 Å². The minimum absolute atomic E-state index is 0.0185. The van der Waals surface area contributed by atoms with E-state index in [1.807, 2.05) is 13.8 Å². The number of carbonyl (C=O) groups excluding carboxylic acids is 3. The van der Waals surface area contributed by atoms with E-state index in [-0.39, 0.29) is 33.9 Å². The predicted octanol–water partition coefficient (Wildman–Crippen LogP) is 3.16. The smallest absolute Gasteiger partial charge is 0.305 e. The average Bonchev–Trinajstić information content (AvgIpc) is 3.60. The Bertz CT molecular complexity index is 1350. The highest BCUT2D eigenvalue weighted by Gasteiger charge is 2.30. The van der Waals surface area contributed by atoms with Gasteiger partial charge in [0.1, 0.15) is 33.2 Å². The molecule has 4 unspecified atom stereocenters. The first-order valence-electron chi connectivity index (χ1n) is 11.6. The fraction of sp³-hybridized carbons (Fsp3) is 0.435. The van der Waals surface area contributed by atoms with E-state index in [1.165, 1.54) is 16.7 Å². The summed E-state index contributed by atoms with van der Waals surface area (Å²) >= 11 is 2.28. The van der Waals surface area contributed by atoms with Gasteiger partial charge in [-0.05, 0) is 19.8 Å². The zero-order chi connectivity index (χ0) is 26.9. The third-order valence-corrected chi connectivity index (χ3v) is 7.89. The van der Waals surface area contributed by atoms with Crippen molar-refractivity contribution >= 4 is 46.4 Å². The Morgan fingerprint density at radius 3 is 2.30 bits per heavy atom. The van der Waals surface area contributed by atoms with Crippen molar-refractivity contribution in [2.75, 3.05) is 0 Å². The quantitative estimate of drug-likeness (QED) is 0.383. The van der Waals surface area contributed by atoms with Crippen molar-refractivity contribution in [3.63, 3.8) is 0 Å². The molecule has 3 amide bonds. The molecule has 0 radical (unpaired) electrons. The number of oxazole rings is 1. The largest absolute Gasteiger partial charge is 0.481 e. The standard InChI is InChI=1S/C23H26N6O6S2/c1-5-9(2)16-23-27-14(8-37-23)19(33)25-12(6-15(30)31)22-26-13(7-36-22)18(32)24-10(3)21-29-17(11(4)35-21)20(34)28-16/h7-10,12,16H,5-6H2,1-4H3,(H,24,32)(H,25,33)(H,28,34)(H,30,31). The van der Waals surface area contributed by atoms with Gasteiger partial charge in [0.15, 0.2) is 5.69 Å². The van der Waals surface area contributed by atoms with Crippen molar-refractivity contribution in [3.05, 3.63) is 49.5 Å². The lowest BCUT2D eigenvalue weighted by atomic mass is 9.99. The van der Waals surface area contributed by atoms with Gasteiger partial charge in [-0.2, -0.15) is 0 Å². The number of carbonyl (C=O) groups is 4. The normalized spacial score (nSPS) is 21.3. The van der Waals surface area contributed by atoms with Gasteiger partial charge in [0, 0.05) is 10.8 Å². The Kier molecular flexibility index (Phi) is 7.68. The van der Waals surface area contributed by atoms with Crippen LogP contribution in [0.25, 0.3) is 0 Å². The Morgan fingerprint density at radius 2 is 1.65 bits per heavy atom. The fourth-order valence-electron chi connectivity index (χ4n) is 3.73. The van der Waals surface area contributed by atoms with Crippen LogP contribution in [0.1, 0.15) is 105 Å². The fourth-order valence-corrected chi connectivity index (χ4v) is 5.56. The molecule has 3 aromatic heterocycles. The van der Waals surface area contributed by atoms with Crippen molar-refractivity contribution in [1.29, 1.82) is 0 Å². The topological polar surface area (TPSA) is 176 Å². The number of hydrogen-bond acceptors (Lipinski definition) is 10. The Hall–Kier alpha value is -3.65. The third kappa shape index (κ3) is 5.69. The summed E-state index contributed by atoms with van der Waals surface area (Å²) in [6, 6.07) is -2.16. The van der Waals surface area contributed by atoms with E-state index < -0.39 is 48.2 Å². The minimum atomic E-state index is -1.14. The first-order chi connectivity index (χ1) is 17.6. The molecule has 0 spiro atoms. The molecular weight excluding hydrogens is 520 g/mol. The molecule has 12 nitrogen and oxygen atoms in total. The van der Waals surface area contributed by atoms with E-state index >= 15 is 0 Å². The van der Waals surface area contributed by atoms with Crippen molar-refractivity contribution < 1.29 is 28.7 Å². The lowest BCUT2D eigenvalue weighted by Crippen LogP contribution is -2.34. The third-order valence-electron chi connectivity index (χ3n) is 6.00. The van der Waals surface area contributed by atoms with Crippen LogP contribution in [0, 0.1) is 12.8 Å². The number of aromatic nitrogens is 3. The second-order valence-electron chi connectivity index (χ2n) is 8.75. The van der Waals surface area contributed by atoms with Crippen molar-refractivity contribution in [2.45, 2.75) is 58.7 Å². The van der Waals surface area contributed by atoms with Gasteiger partial charge in [0.25, 0.3) is 17.7 Å². The molecule has 1 aliphatic heterocycles. The Labute approximate surface area is 219 Å². The van der Waals surface area contributed by atoms with Gasteiger partial charge in [-0.1, -0.05) is 20.3 Å². The molecule has 4 N–H and O–H groups in total. The molecule has 37 heavy (non-hydrogen) atoms. The number of aryl methyl sites for hydroxylation is 1. The molecule has 4 atom stereocenters. The maximum atomic E-state index is 13.2. The lowest BCUT2D eigenvalue weighted by Gasteiger charge is -2.22. The molecule has 14 heteroatoms. The number of aliphatic carboxylic acids is 1. The van der Waals surface area contributed by atoms with E-state index in [4.69, 9.17) is 4.42 Å². The van der Waals surface area contributed by atoms with Crippen molar-refractivity contribution in [3.8, 4) is 0 Å². The summed E-state index contributed by atoms with van der Waals surface area (Å²) in [5, 5.41) is 21.6. The molecule has 4 rings (SSSR count). The number of amides is 3. The van der Waals surface area contributed by atoms with Crippen LogP contribution in [0.4, 0.5) is 0 Å². The summed E-state index contributed by atoms with van der Waals surface area (Å²) in [5.41, 5.74) is 0.223. The molecular formula is C23H26N6O6S2.